The van der Waals surface area contributed by atoms with Gasteiger partial charge in [-0.3, -0.25) is 18.9 Å². The van der Waals surface area contributed by atoms with Gasteiger partial charge < -0.3 is 116 Å². The number of nitrogens with one attached hydrogen (secondary N) is 3. The average Bonchev–Trinajstić information content (AvgIpc) is 3.24. The number of hydrogen-bond acceptors (Lipinski definition) is 26. The van der Waals surface area contributed by atoms with Crippen LogP contribution in [-0.2, 0) is 62.2 Å². The molecule has 0 aromatic carbocycles. The zero-order valence-corrected chi connectivity index (χ0v) is 35.2. The molecule has 378 valence electrons. The quantitative estimate of drug-likeness (QED) is 0.0423. The monoisotopic (exact) mass is 975 g/mol. The first-order chi connectivity index (χ1) is 30.3. The molecule has 0 saturated carbocycles. The lowest BCUT2D eigenvalue weighted by atomic mass is 9.88. The molecular weight excluding hydrogens is 918 g/mol. The van der Waals surface area contributed by atoms with E-state index < -0.39 is 202 Å². The highest BCUT2D eigenvalue weighted by atomic mass is 32.3. The summed E-state index contributed by atoms with van der Waals surface area (Å²) < 4.78 is 68.6. The molecule has 3 aliphatic heterocycles. The van der Waals surface area contributed by atoms with Crippen LogP contribution in [0, 0.1) is 0 Å². The van der Waals surface area contributed by atoms with Crippen LogP contribution in [-0.4, -0.2) is 270 Å². The van der Waals surface area contributed by atoms with E-state index in [0.29, 0.717) is 0 Å². The Hall–Kier alpha value is -3.01. The summed E-state index contributed by atoms with van der Waals surface area (Å²) in [5.74, 6) is -8.29. The number of carbonyl (C=O) groups is 4. The van der Waals surface area contributed by atoms with Crippen LogP contribution in [0.15, 0.2) is 0 Å². The van der Waals surface area contributed by atoms with Crippen LogP contribution in [0.5, 0.6) is 0 Å². The number of carboxylic acid groups (broad SMARTS) is 1. The van der Waals surface area contributed by atoms with Gasteiger partial charge in [0.25, 0.3) is 5.79 Å². The van der Waals surface area contributed by atoms with Crippen molar-refractivity contribution in [2.45, 2.75) is 142 Å². The highest BCUT2D eigenvalue weighted by molar-refractivity contribution is 7.80. The van der Waals surface area contributed by atoms with E-state index in [1.54, 1.807) is 0 Å². The molecule has 0 unspecified atom stereocenters. The fraction of sp³-hybridized carbons (Fsp3) is 0.879. The molecule has 0 radical (unpaired) electrons. The third-order valence-corrected chi connectivity index (χ3v) is 10.8. The molecule has 20 atom stereocenters. The summed E-state index contributed by atoms with van der Waals surface area (Å²) in [4.78, 5) is 49.0. The number of rotatable bonds is 23. The number of carbonyl (C=O) groups excluding carboxylic acids is 3. The van der Waals surface area contributed by atoms with Gasteiger partial charge in [-0.15, -0.1) is 0 Å². The highest BCUT2D eigenvalue weighted by Gasteiger charge is 2.60. The summed E-state index contributed by atoms with van der Waals surface area (Å²) in [6.45, 7) is -4.94. The van der Waals surface area contributed by atoms with Crippen molar-refractivity contribution < 1.29 is 136 Å². The van der Waals surface area contributed by atoms with Crippen LogP contribution in [0.25, 0.3) is 0 Å². The lowest BCUT2D eigenvalue weighted by Gasteiger charge is -2.50. The maximum Gasteiger partial charge on any atom is 0.397 e. The molecule has 0 aliphatic carbocycles. The Balaban J connectivity index is 1.97. The van der Waals surface area contributed by atoms with Crippen molar-refractivity contribution >= 4 is 34.1 Å². The van der Waals surface area contributed by atoms with Crippen LogP contribution in [0.3, 0.4) is 0 Å². The van der Waals surface area contributed by atoms with Crippen molar-refractivity contribution in [1.82, 2.24) is 16.0 Å². The predicted octanol–water partition coefficient (Wildman–Crippen LogP) is -11.7. The smallest absolute Gasteiger partial charge is 0.397 e. The molecular formula is C33H57N3O28S. The molecule has 32 heteroatoms. The Morgan fingerprint density at radius 2 is 1.43 bits per heavy atom. The Labute approximate surface area is 367 Å². The molecule has 0 aromatic heterocycles. The van der Waals surface area contributed by atoms with Crippen molar-refractivity contribution in [3.05, 3.63) is 0 Å². The molecule has 31 nitrogen and oxygen atoms in total. The van der Waals surface area contributed by atoms with Crippen LogP contribution in [0.2, 0.25) is 0 Å². The topological polar surface area (TPSA) is 507 Å². The van der Waals surface area contributed by atoms with Gasteiger partial charge in [-0.2, -0.15) is 8.42 Å². The van der Waals surface area contributed by atoms with Gasteiger partial charge in [0, 0.05) is 20.3 Å². The van der Waals surface area contributed by atoms with Crippen molar-refractivity contribution in [3.63, 3.8) is 0 Å². The number of carboxylic acids is 1. The summed E-state index contributed by atoms with van der Waals surface area (Å²) in [5.41, 5.74) is 0. The molecule has 3 aliphatic rings. The Bertz CT molecular complexity index is 1680. The number of aliphatic carboxylic acids is 1. The fourth-order valence-corrected chi connectivity index (χ4v) is 7.40. The summed E-state index contributed by atoms with van der Waals surface area (Å²) >= 11 is 0. The van der Waals surface area contributed by atoms with Gasteiger partial charge in [-0.25, -0.2) is 8.98 Å². The summed E-state index contributed by atoms with van der Waals surface area (Å²) in [7, 11) is -5.11. The third kappa shape index (κ3) is 14.5. The first-order valence-corrected chi connectivity index (χ1v) is 20.8. The molecule has 3 amide bonds. The molecule has 18 N–H and O–H groups in total. The fourth-order valence-electron chi connectivity index (χ4n) is 7.09. The molecule has 0 aromatic rings. The average molecular weight is 976 g/mol. The second-order valence-corrected chi connectivity index (χ2v) is 16.2. The minimum atomic E-state index is -5.11. The number of hydrogen-bond donors (Lipinski definition) is 18. The van der Waals surface area contributed by atoms with Crippen LogP contribution in [0.4, 0.5) is 0 Å². The molecule has 0 bridgehead atoms. The SMILES string of the molecule is CC(=O)N[C@H]1[C@H](OC[C@@H](O)[C@H](O)[C@H](O[C@@H]2O[C@H](CO)[C@H](O)[C@H](O[C@]3(C(=O)O)C[C@H](O)[C@@H](NC(=O)CO)[C@H]([C@H](O)[C@H](O)CO)O3)[C@H]2O)[C@H](CO)NC(C)=O)O[C@H](COS(=O)(=O)O)[C@@H](O)[C@@H]1O. The lowest BCUT2D eigenvalue weighted by molar-refractivity contribution is -0.375. The Morgan fingerprint density at radius 1 is 0.800 bits per heavy atom. The Morgan fingerprint density at radius 3 is 1.95 bits per heavy atom. The van der Waals surface area contributed by atoms with E-state index in [9.17, 15) is 99.1 Å². The zero-order chi connectivity index (χ0) is 49.3. The zero-order valence-electron chi connectivity index (χ0n) is 34.3. The summed E-state index contributed by atoms with van der Waals surface area (Å²) in [6.07, 6.45) is -35.7. The van der Waals surface area contributed by atoms with Gasteiger partial charge >= 0.3 is 16.4 Å². The highest BCUT2D eigenvalue weighted by Crippen LogP contribution is 2.38. The molecule has 3 heterocycles. The number of aliphatic hydroxyl groups is 13. The maximum absolute atomic E-state index is 12.9. The molecule has 3 saturated heterocycles. The first-order valence-electron chi connectivity index (χ1n) is 19.4. The van der Waals surface area contributed by atoms with Crippen molar-refractivity contribution in [2.75, 3.05) is 39.6 Å². The Kier molecular flexibility index (Phi) is 21.1. The van der Waals surface area contributed by atoms with E-state index in [0.717, 1.165) is 13.8 Å². The number of ether oxygens (including phenoxy) is 6. The first kappa shape index (κ1) is 56.3. The summed E-state index contributed by atoms with van der Waals surface area (Å²) in [6, 6.07) is -5.24. The van der Waals surface area contributed by atoms with Crippen molar-refractivity contribution in [2.24, 2.45) is 0 Å². The van der Waals surface area contributed by atoms with E-state index in [4.69, 9.17) is 33.0 Å². The lowest BCUT2D eigenvalue weighted by Crippen LogP contribution is -2.71. The second-order valence-electron chi connectivity index (χ2n) is 15.1. The minimum Gasteiger partial charge on any atom is -0.477 e. The summed E-state index contributed by atoms with van der Waals surface area (Å²) in [5, 5.41) is 154. The second kappa shape index (κ2) is 24.3. The maximum atomic E-state index is 12.9. The van der Waals surface area contributed by atoms with Crippen molar-refractivity contribution in [3.8, 4) is 0 Å². The van der Waals surface area contributed by atoms with E-state index in [-0.39, 0.29) is 0 Å². The van der Waals surface area contributed by atoms with Crippen LogP contribution in [0.1, 0.15) is 20.3 Å². The van der Waals surface area contributed by atoms with Gasteiger partial charge in [0.15, 0.2) is 12.6 Å². The van der Waals surface area contributed by atoms with Crippen LogP contribution < -0.4 is 16.0 Å². The van der Waals surface area contributed by atoms with E-state index in [2.05, 4.69) is 20.1 Å². The van der Waals surface area contributed by atoms with Gasteiger partial charge in [0.2, 0.25) is 17.7 Å². The molecule has 3 rings (SSSR count). The van der Waals surface area contributed by atoms with Crippen LogP contribution >= 0.6 is 0 Å². The van der Waals surface area contributed by atoms with E-state index >= 15 is 0 Å². The van der Waals surface area contributed by atoms with E-state index in [1.165, 1.54) is 0 Å². The van der Waals surface area contributed by atoms with Gasteiger partial charge in [0.1, 0.15) is 92.0 Å². The van der Waals surface area contributed by atoms with Gasteiger partial charge in [-0.1, -0.05) is 0 Å². The standard InChI is InChI=1S/C33H57N3O28S/c1-10(41)34-12(4-37)27(22(48)15(45)8-58-30-20(35-11(2)42)25(51)23(49)17(61-30)9-59-65(55,56)57)62-31-26(52)29(24(50)16(6-39)60-31)64-33(32(53)54)3-13(43)19(36-18(46)7-40)28(63-33)21(47)14(44)5-38/h12-17,19-31,37-40,43-45,47-52H,3-9H2,1-2H3,(H,34,41)(H,35,42)(H,36,46)(H,53,54)(H,55,56,57)/t12-,13-,14+,15+,16+,17+,19+,20+,21+,22-,23+,24-,25+,26+,27+,28+,29-,30+,31-,33-/m0/s1. The molecule has 65 heavy (non-hydrogen) atoms. The van der Waals surface area contributed by atoms with Gasteiger partial charge in [0.05, 0.1) is 51.2 Å². The van der Waals surface area contributed by atoms with E-state index in [1.807, 2.05) is 0 Å². The number of amides is 3. The van der Waals surface area contributed by atoms with Crippen molar-refractivity contribution in [1.29, 1.82) is 0 Å². The normalized spacial score (nSPS) is 36.0. The van der Waals surface area contributed by atoms with Gasteiger partial charge in [-0.05, 0) is 0 Å². The third-order valence-electron chi connectivity index (χ3n) is 10.3. The predicted molar refractivity (Wildman–Crippen MR) is 200 cm³/mol. The number of aliphatic hydroxyl groups excluding tert-OH is 13. The molecule has 3 fully saturated rings. The minimum absolute atomic E-state index is 0.824. The largest absolute Gasteiger partial charge is 0.477 e. The molecule has 0 spiro atoms.